The van der Waals surface area contributed by atoms with Crippen molar-refractivity contribution in [1.29, 1.82) is 0 Å². The summed E-state index contributed by atoms with van der Waals surface area (Å²) in [7, 11) is 0. The molecule has 4 nitrogen and oxygen atoms in total. The van der Waals surface area contributed by atoms with Gasteiger partial charge in [-0.15, -0.1) is 24.8 Å². The second-order valence-corrected chi connectivity index (χ2v) is 5.72. The standard InChI is InChI=1S/C17H27N3O.2ClH/c1-4-20(5-2)12-13(3)19-17(21)15-8-6-10-16-14(15)9-7-11-18-16;;/h6,8,10,13,18H,4-5,7,9,11-12H2,1-3H3,(H,19,21);2*1H. The summed E-state index contributed by atoms with van der Waals surface area (Å²) in [5, 5.41) is 6.51. The minimum absolute atomic E-state index is 0. The first kappa shape index (κ1) is 22.0. The van der Waals surface area contributed by atoms with Gasteiger partial charge in [0, 0.05) is 30.4 Å². The largest absolute Gasteiger partial charge is 0.385 e. The van der Waals surface area contributed by atoms with Gasteiger partial charge in [-0.3, -0.25) is 4.79 Å². The Morgan fingerprint density at radius 3 is 2.65 bits per heavy atom. The van der Waals surface area contributed by atoms with Crippen LogP contribution in [0.1, 0.15) is 43.1 Å². The second kappa shape index (κ2) is 10.7. The van der Waals surface area contributed by atoms with Gasteiger partial charge in [-0.25, -0.2) is 0 Å². The number of anilines is 1. The van der Waals surface area contributed by atoms with Gasteiger partial charge in [-0.05, 0) is 50.6 Å². The van der Waals surface area contributed by atoms with E-state index in [2.05, 4.69) is 42.4 Å². The van der Waals surface area contributed by atoms with E-state index in [0.29, 0.717) is 0 Å². The predicted octanol–water partition coefficient (Wildman–Crippen LogP) is 3.35. The molecule has 1 aliphatic heterocycles. The molecule has 1 amide bonds. The topological polar surface area (TPSA) is 44.4 Å². The molecule has 0 saturated heterocycles. The first-order valence-electron chi connectivity index (χ1n) is 8.04. The smallest absolute Gasteiger partial charge is 0.251 e. The lowest BCUT2D eigenvalue weighted by atomic mass is 9.97. The van der Waals surface area contributed by atoms with E-state index in [-0.39, 0.29) is 36.8 Å². The number of hydrogen-bond donors (Lipinski definition) is 2. The lowest BCUT2D eigenvalue weighted by Crippen LogP contribution is -2.42. The average molecular weight is 362 g/mol. The van der Waals surface area contributed by atoms with Crippen molar-refractivity contribution in [2.24, 2.45) is 0 Å². The monoisotopic (exact) mass is 361 g/mol. The molecule has 1 aliphatic rings. The van der Waals surface area contributed by atoms with Gasteiger partial charge in [0.25, 0.3) is 5.91 Å². The molecule has 23 heavy (non-hydrogen) atoms. The van der Waals surface area contributed by atoms with Crippen molar-refractivity contribution >= 4 is 36.4 Å². The molecule has 2 N–H and O–H groups in total. The Labute approximate surface area is 152 Å². The first-order valence-corrected chi connectivity index (χ1v) is 8.04. The molecule has 0 saturated carbocycles. The number of fused-ring (bicyclic) bond motifs is 1. The number of amides is 1. The van der Waals surface area contributed by atoms with Crippen molar-refractivity contribution < 1.29 is 4.79 Å². The number of benzene rings is 1. The van der Waals surface area contributed by atoms with Gasteiger partial charge in [0.1, 0.15) is 0 Å². The minimum atomic E-state index is 0. The molecule has 0 spiro atoms. The van der Waals surface area contributed by atoms with Gasteiger partial charge in [-0.1, -0.05) is 19.9 Å². The molecule has 0 aliphatic carbocycles. The fourth-order valence-electron chi connectivity index (χ4n) is 2.94. The zero-order valence-electron chi connectivity index (χ0n) is 14.2. The third kappa shape index (κ3) is 5.87. The van der Waals surface area contributed by atoms with E-state index < -0.39 is 0 Å². The van der Waals surface area contributed by atoms with E-state index in [9.17, 15) is 4.79 Å². The lowest BCUT2D eigenvalue weighted by Gasteiger charge is -2.25. The van der Waals surface area contributed by atoms with E-state index in [1.165, 1.54) is 0 Å². The van der Waals surface area contributed by atoms with Crippen LogP contribution in [-0.4, -0.2) is 43.0 Å². The molecular weight excluding hydrogens is 333 g/mol. The summed E-state index contributed by atoms with van der Waals surface area (Å²) in [4.78, 5) is 14.9. The fraction of sp³-hybridized carbons (Fsp3) is 0.588. The van der Waals surface area contributed by atoms with Crippen LogP contribution in [0, 0.1) is 0 Å². The van der Waals surface area contributed by atoms with Crippen molar-refractivity contribution in [2.75, 3.05) is 31.5 Å². The van der Waals surface area contributed by atoms with Gasteiger partial charge < -0.3 is 15.5 Å². The van der Waals surface area contributed by atoms with Crippen LogP contribution in [0.3, 0.4) is 0 Å². The van der Waals surface area contributed by atoms with E-state index in [4.69, 9.17) is 0 Å². The number of nitrogens with one attached hydrogen (secondary N) is 2. The lowest BCUT2D eigenvalue weighted by molar-refractivity contribution is 0.0929. The highest BCUT2D eigenvalue weighted by molar-refractivity contribution is 5.97. The van der Waals surface area contributed by atoms with E-state index in [1.54, 1.807) is 0 Å². The molecule has 1 unspecified atom stereocenters. The van der Waals surface area contributed by atoms with Crippen LogP contribution in [-0.2, 0) is 6.42 Å². The summed E-state index contributed by atoms with van der Waals surface area (Å²) >= 11 is 0. The number of rotatable bonds is 6. The molecule has 132 valence electrons. The molecule has 1 atom stereocenters. The summed E-state index contributed by atoms with van der Waals surface area (Å²) in [6.45, 7) is 10.3. The Hall–Kier alpha value is -0.970. The van der Waals surface area contributed by atoms with E-state index in [0.717, 1.165) is 55.8 Å². The molecule has 0 fully saturated rings. The average Bonchev–Trinajstić information content (AvgIpc) is 2.51. The number of halogens is 2. The molecule has 1 heterocycles. The number of carbonyl (C=O) groups excluding carboxylic acids is 1. The summed E-state index contributed by atoms with van der Waals surface area (Å²) in [6, 6.07) is 6.11. The van der Waals surface area contributed by atoms with Crippen molar-refractivity contribution in [3.05, 3.63) is 29.3 Å². The van der Waals surface area contributed by atoms with Crippen LogP contribution in [0.2, 0.25) is 0 Å². The molecule has 1 aromatic carbocycles. The summed E-state index contributed by atoms with van der Waals surface area (Å²) in [5.41, 5.74) is 3.10. The van der Waals surface area contributed by atoms with Crippen LogP contribution in [0.25, 0.3) is 0 Å². The molecule has 0 aromatic heterocycles. The zero-order chi connectivity index (χ0) is 15.2. The maximum atomic E-state index is 12.5. The van der Waals surface area contributed by atoms with Crippen molar-refractivity contribution in [1.82, 2.24) is 10.2 Å². The van der Waals surface area contributed by atoms with Gasteiger partial charge in [0.05, 0.1) is 0 Å². The fourth-order valence-corrected chi connectivity index (χ4v) is 2.94. The van der Waals surface area contributed by atoms with Crippen molar-refractivity contribution in [3.8, 4) is 0 Å². The van der Waals surface area contributed by atoms with Crippen molar-refractivity contribution in [3.63, 3.8) is 0 Å². The molecular formula is C17H29Cl2N3O. The Morgan fingerprint density at radius 1 is 1.30 bits per heavy atom. The van der Waals surface area contributed by atoms with Crippen LogP contribution in [0.4, 0.5) is 5.69 Å². The SMILES string of the molecule is CCN(CC)CC(C)NC(=O)c1cccc2c1CCCN2.Cl.Cl. The normalized spacial score (nSPS) is 13.9. The summed E-state index contributed by atoms with van der Waals surface area (Å²) in [6.07, 6.45) is 2.07. The molecule has 1 aromatic rings. The van der Waals surface area contributed by atoms with Crippen molar-refractivity contribution in [2.45, 2.75) is 39.7 Å². The minimum Gasteiger partial charge on any atom is -0.385 e. The van der Waals surface area contributed by atoms with E-state index in [1.807, 2.05) is 12.1 Å². The quantitative estimate of drug-likeness (QED) is 0.816. The molecule has 0 bridgehead atoms. The van der Waals surface area contributed by atoms with E-state index >= 15 is 0 Å². The predicted molar refractivity (Wildman–Crippen MR) is 102 cm³/mol. The van der Waals surface area contributed by atoms with Gasteiger partial charge in [0.15, 0.2) is 0 Å². The van der Waals surface area contributed by atoms with Crippen LogP contribution >= 0.6 is 24.8 Å². The highest BCUT2D eigenvalue weighted by Gasteiger charge is 2.19. The Kier molecular flexibility index (Phi) is 10.3. The van der Waals surface area contributed by atoms with Crippen LogP contribution in [0.5, 0.6) is 0 Å². The van der Waals surface area contributed by atoms with Gasteiger partial charge in [0.2, 0.25) is 0 Å². The second-order valence-electron chi connectivity index (χ2n) is 5.72. The Bertz CT molecular complexity index is 493. The maximum absolute atomic E-state index is 12.5. The molecule has 6 heteroatoms. The highest BCUT2D eigenvalue weighted by atomic mass is 35.5. The number of likely N-dealkylation sites (N-methyl/N-ethyl adjacent to an activating group) is 1. The van der Waals surface area contributed by atoms with Gasteiger partial charge >= 0.3 is 0 Å². The first-order chi connectivity index (χ1) is 10.2. The molecule has 0 radical (unpaired) electrons. The number of carbonyl (C=O) groups is 1. The Balaban J connectivity index is 0.00000242. The molecule has 2 rings (SSSR count). The summed E-state index contributed by atoms with van der Waals surface area (Å²) in [5.74, 6) is 0.0511. The third-order valence-electron chi connectivity index (χ3n) is 4.14. The maximum Gasteiger partial charge on any atom is 0.251 e. The zero-order valence-corrected chi connectivity index (χ0v) is 15.9. The van der Waals surface area contributed by atoms with Gasteiger partial charge in [-0.2, -0.15) is 0 Å². The highest BCUT2D eigenvalue weighted by Crippen LogP contribution is 2.25. The van der Waals surface area contributed by atoms with Crippen LogP contribution in [0.15, 0.2) is 18.2 Å². The number of nitrogens with zero attached hydrogens (tertiary/aromatic N) is 1. The summed E-state index contributed by atoms with van der Waals surface area (Å²) < 4.78 is 0. The Morgan fingerprint density at radius 2 is 2.00 bits per heavy atom. The third-order valence-corrected chi connectivity index (χ3v) is 4.14. The number of hydrogen-bond acceptors (Lipinski definition) is 3. The van der Waals surface area contributed by atoms with Crippen LogP contribution < -0.4 is 10.6 Å².